The van der Waals surface area contributed by atoms with Crippen LogP contribution in [-0.4, -0.2) is 47.5 Å². The summed E-state index contributed by atoms with van der Waals surface area (Å²) < 4.78 is 37.0. The third kappa shape index (κ3) is 7.59. The third-order valence-corrected chi connectivity index (χ3v) is 3.76. The van der Waals surface area contributed by atoms with Crippen molar-refractivity contribution in [2.24, 2.45) is 0 Å². The zero-order valence-corrected chi connectivity index (χ0v) is 12.6. The Morgan fingerprint density at radius 2 is 1.90 bits per heavy atom. The molecule has 0 spiro atoms. The Balaban J connectivity index is 2.44. The number of hydrogen-bond acceptors (Lipinski definition) is 3. The van der Waals surface area contributed by atoms with Crippen molar-refractivity contribution in [3.63, 3.8) is 0 Å². The number of amides is 1. The molecule has 1 aromatic rings. The van der Waals surface area contributed by atoms with Gasteiger partial charge in [-0.05, 0) is 24.3 Å². The first-order valence-electron chi connectivity index (χ1n) is 6.15. The highest BCUT2D eigenvalue weighted by Gasteiger charge is 2.32. The van der Waals surface area contributed by atoms with Crippen LogP contribution in [0.25, 0.3) is 0 Å². The monoisotopic (exact) mass is 341 g/mol. The van der Waals surface area contributed by atoms with Gasteiger partial charge in [-0.15, -0.1) is 11.8 Å². The molecule has 0 aliphatic heterocycles. The summed E-state index contributed by atoms with van der Waals surface area (Å²) in [6.45, 7) is -2.14. The largest absolute Gasteiger partial charge is 0.406 e. The first-order valence-corrected chi connectivity index (χ1v) is 7.52. The van der Waals surface area contributed by atoms with Crippen LogP contribution < -0.4 is 0 Å². The number of carbonyl (C=O) groups excluding carboxylic acids is 1. The minimum Gasteiger partial charge on any atom is -0.395 e. The number of halogens is 4. The van der Waals surface area contributed by atoms with Crippen LogP contribution in [0.15, 0.2) is 29.2 Å². The van der Waals surface area contributed by atoms with E-state index in [0.717, 1.165) is 4.90 Å². The van der Waals surface area contributed by atoms with Crippen molar-refractivity contribution in [1.29, 1.82) is 0 Å². The van der Waals surface area contributed by atoms with E-state index in [2.05, 4.69) is 0 Å². The van der Waals surface area contributed by atoms with Gasteiger partial charge in [0.05, 0.1) is 6.61 Å². The first-order chi connectivity index (χ1) is 9.81. The maximum absolute atomic E-state index is 12.3. The molecule has 0 saturated carbocycles. The van der Waals surface area contributed by atoms with E-state index in [0.29, 0.717) is 15.7 Å². The van der Waals surface area contributed by atoms with Crippen molar-refractivity contribution in [2.75, 3.05) is 25.4 Å². The van der Waals surface area contributed by atoms with Gasteiger partial charge in [0.1, 0.15) is 6.54 Å². The van der Waals surface area contributed by atoms with Gasteiger partial charge in [-0.2, -0.15) is 13.2 Å². The van der Waals surface area contributed by atoms with E-state index in [4.69, 9.17) is 16.7 Å². The van der Waals surface area contributed by atoms with Crippen molar-refractivity contribution in [2.45, 2.75) is 17.5 Å². The summed E-state index contributed by atoms with van der Waals surface area (Å²) in [7, 11) is 0. The lowest BCUT2D eigenvalue weighted by atomic mass is 10.3. The number of alkyl halides is 3. The summed E-state index contributed by atoms with van der Waals surface area (Å²) in [6, 6.07) is 6.96. The molecule has 0 aliphatic rings. The molecule has 3 nitrogen and oxygen atoms in total. The maximum Gasteiger partial charge on any atom is 0.406 e. The Bertz CT molecular complexity index is 454. The van der Waals surface area contributed by atoms with E-state index >= 15 is 0 Å². The molecule has 0 unspecified atom stereocenters. The second kappa shape index (κ2) is 8.51. The Morgan fingerprint density at radius 1 is 1.29 bits per heavy atom. The minimum absolute atomic E-state index is 0.0244. The maximum atomic E-state index is 12.3. The van der Waals surface area contributed by atoms with Crippen LogP contribution in [0.3, 0.4) is 0 Å². The van der Waals surface area contributed by atoms with Gasteiger partial charge in [0, 0.05) is 28.6 Å². The highest BCUT2D eigenvalue weighted by molar-refractivity contribution is 7.99. The molecule has 1 aromatic carbocycles. The van der Waals surface area contributed by atoms with Gasteiger partial charge in [-0.3, -0.25) is 4.79 Å². The number of benzene rings is 1. The average Bonchev–Trinajstić information content (AvgIpc) is 2.39. The number of aliphatic hydroxyl groups is 1. The number of thioether (sulfide) groups is 1. The van der Waals surface area contributed by atoms with Crippen molar-refractivity contribution in [3.05, 3.63) is 29.3 Å². The normalized spacial score (nSPS) is 11.5. The predicted molar refractivity (Wildman–Crippen MR) is 76.5 cm³/mol. The molecule has 0 heterocycles. The van der Waals surface area contributed by atoms with Crippen molar-refractivity contribution in [1.82, 2.24) is 4.90 Å². The standard InChI is InChI=1S/C13H15ClF3NO2S/c14-10-1-3-11(4-2-10)21-8-5-12(20)18(6-7-19)9-13(15,16)17/h1-4,19H,5-9H2. The van der Waals surface area contributed by atoms with E-state index in [1.54, 1.807) is 24.3 Å². The molecule has 0 aliphatic carbocycles. The van der Waals surface area contributed by atoms with E-state index in [1.807, 2.05) is 0 Å². The van der Waals surface area contributed by atoms with Crippen LogP contribution in [0.2, 0.25) is 5.02 Å². The van der Waals surface area contributed by atoms with Gasteiger partial charge in [-0.1, -0.05) is 11.6 Å². The quantitative estimate of drug-likeness (QED) is 0.774. The van der Waals surface area contributed by atoms with Crippen LogP contribution in [0, 0.1) is 0 Å². The molecule has 1 N–H and O–H groups in total. The van der Waals surface area contributed by atoms with Crippen LogP contribution in [-0.2, 0) is 4.79 Å². The topological polar surface area (TPSA) is 40.5 Å². The molecule has 0 aromatic heterocycles. The Hall–Kier alpha value is -0.920. The molecule has 1 amide bonds. The van der Waals surface area contributed by atoms with Crippen LogP contribution in [0.1, 0.15) is 6.42 Å². The van der Waals surface area contributed by atoms with E-state index < -0.39 is 25.2 Å². The smallest absolute Gasteiger partial charge is 0.395 e. The summed E-state index contributed by atoms with van der Waals surface area (Å²) in [5.41, 5.74) is 0. The Labute approximate surface area is 130 Å². The van der Waals surface area contributed by atoms with Crippen molar-refractivity contribution < 1.29 is 23.1 Å². The Kier molecular flexibility index (Phi) is 7.34. The number of aliphatic hydroxyl groups excluding tert-OH is 1. The average molecular weight is 342 g/mol. The zero-order valence-electron chi connectivity index (χ0n) is 11.1. The number of carbonyl (C=O) groups is 1. The van der Waals surface area contributed by atoms with Gasteiger partial charge < -0.3 is 10.0 Å². The summed E-state index contributed by atoms with van der Waals surface area (Å²) >= 11 is 7.09. The number of hydrogen-bond donors (Lipinski definition) is 1. The first kappa shape index (κ1) is 18.1. The fourth-order valence-electron chi connectivity index (χ4n) is 1.57. The fraction of sp³-hybridized carbons (Fsp3) is 0.462. The Morgan fingerprint density at radius 3 is 2.43 bits per heavy atom. The van der Waals surface area contributed by atoms with Gasteiger partial charge in [0.15, 0.2) is 0 Å². The minimum atomic E-state index is -4.46. The second-order valence-electron chi connectivity index (χ2n) is 4.21. The van der Waals surface area contributed by atoms with Crippen LogP contribution in [0.4, 0.5) is 13.2 Å². The molecule has 0 saturated heterocycles. The van der Waals surface area contributed by atoms with E-state index in [-0.39, 0.29) is 13.0 Å². The third-order valence-electron chi connectivity index (χ3n) is 2.49. The van der Waals surface area contributed by atoms with Gasteiger partial charge in [-0.25, -0.2) is 0 Å². The van der Waals surface area contributed by atoms with Crippen LogP contribution >= 0.6 is 23.4 Å². The molecule has 0 radical (unpaired) electrons. The lowest BCUT2D eigenvalue weighted by Gasteiger charge is -2.23. The lowest BCUT2D eigenvalue weighted by molar-refractivity contribution is -0.161. The summed E-state index contributed by atoms with van der Waals surface area (Å²) in [6.07, 6.45) is -4.49. The molecule has 1 rings (SSSR count). The SMILES string of the molecule is O=C(CCSc1ccc(Cl)cc1)N(CCO)CC(F)(F)F. The number of nitrogens with zero attached hydrogens (tertiary/aromatic N) is 1. The predicted octanol–water partition coefficient (Wildman–Crippen LogP) is 3.21. The van der Waals surface area contributed by atoms with Gasteiger partial charge >= 0.3 is 6.18 Å². The molecule has 8 heteroatoms. The number of rotatable bonds is 7. The summed E-state index contributed by atoms with van der Waals surface area (Å²) in [4.78, 5) is 13.2. The molecular weight excluding hydrogens is 327 g/mol. The molecule has 118 valence electrons. The van der Waals surface area contributed by atoms with E-state index in [1.165, 1.54) is 11.8 Å². The van der Waals surface area contributed by atoms with Crippen LogP contribution in [0.5, 0.6) is 0 Å². The molecule has 0 atom stereocenters. The van der Waals surface area contributed by atoms with Gasteiger partial charge in [0.25, 0.3) is 0 Å². The second-order valence-corrected chi connectivity index (χ2v) is 5.81. The lowest BCUT2D eigenvalue weighted by Crippen LogP contribution is -2.40. The molecule has 0 bridgehead atoms. The fourth-order valence-corrected chi connectivity index (χ4v) is 2.54. The summed E-state index contributed by atoms with van der Waals surface area (Å²) in [5.74, 6) is -0.261. The summed E-state index contributed by atoms with van der Waals surface area (Å²) in [5, 5.41) is 9.33. The molecule has 0 fully saturated rings. The van der Waals surface area contributed by atoms with Crippen molar-refractivity contribution in [3.8, 4) is 0 Å². The zero-order chi connectivity index (χ0) is 15.9. The van der Waals surface area contributed by atoms with Crippen molar-refractivity contribution >= 4 is 29.3 Å². The molecule has 21 heavy (non-hydrogen) atoms. The van der Waals surface area contributed by atoms with E-state index in [9.17, 15) is 18.0 Å². The van der Waals surface area contributed by atoms with Gasteiger partial charge in [0.2, 0.25) is 5.91 Å². The highest BCUT2D eigenvalue weighted by atomic mass is 35.5. The highest BCUT2D eigenvalue weighted by Crippen LogP contribution is 2.22. The molecular formula is C13H15ClF3NO2S.